The Morgan fingerprint density at radius 1 is 1.31 bits per heavy atom. The Morgan fingerprint density at radius 2 is 2.12 bits per heavy atom. The molecule has 1 aromatic carbocycles. The Morgan fingerprint density at radius 3 is 2.85 bits per heavy atom. The molecule has 0 aromatic heterocycles. The molecule has 7 nitrogen and oxygen atoms in total. The molecule has 1 heterocycles. The fourth-order valence-corrected chi connectivity index (χ4v) is 2.69. The Hall–Kier alpha value is -2.30. The molecule has 0 spiro atoms. The standard InChI is InChI=1S/C19H27N3O4/c1-2-25-18-15-16(6-8-21-19(23)5-7-20)3-4-17(18)26-14-11-22-9-12-24-13-10-22/h3-4,15H,2,5-6,8-14H2,1H3,(H,21,23). The highest BCUT2D eigenvalue weighted by Gasteiger charge is 2.11. The average Bonchev–Trinajstić information content (AvgIpc) is 2.65. The lowest BCUT2D eigenvalue weighted by Gasteiger charge is -2.26. The molecule has 0 saturated carbocycles. The second-order valence-corrected chi connectivity index (χ2v) is 5.95. The third-order valence-corrected chi connectivity index (χ3v) is 4.05. The summed E-state index contributed by atoms with van der Waals surface area (Å²) in [4.78, 5) is 13.6. The smallest absolute Gasteiger partial charge is 0.234 e. The van der Waals surface area contributed by atoms with Crippen molar-refractivity contribution in [2.24, 2.45) is 0 Å². The number of hydrogen-bond donors (Lipinski definition) is 1. The lowest BCUT2D eigenvalue weighted by Crippen LogP contribution is -2.38. The van der Waals surface area contributed by atoms with Crippen LogP contribution in [-0.4, -0.2) is 63.4 Å². The Labute approximate surface area is 154 Å². The maximum atomic E-state index is 11.3. The van der Waals surface area contributed by atoms with Crippen molar-refractivity contribution < 1.29 is 19.0 Å². The summed E-state index contributed by atoms with van der Waals surface area (Å²) in [6, 6.07) is 7.67. The second-order valence-electron chi connectivity index (χ2n) is 5.95. The molecule has 0 unspecified atom stereocenters. The van der Waals surface area contributed by atoms with Crippen LogP contribution in [0.4, 0.5) is 0 Å². The summed E-state index contributed by atoms with van der Waals surface area (Å²) in [6.45, 7) is 7.90. The van der Waals surface area contributed by atoms with Crippen LogP contribution in [0.15, 0.2) is 18.2 Å². The van der Waals surface area contributed by atoms with E-state index in [1.807, 2.05) is 31.2 Å². The maximum Gasteiger partial charge on any atom is 0.234 e. The summed E-state index contributed by atoms with van der Waals surface area (Å²) < 4.78 is 17.0. The molecule has 7 heteroatoms. The van der Waals surface area contributed by atoms with Gasteiger partial charge in [0.05, 0.1) is 25.9 Å². The molecule has 1 aromatic rings. The first-order chi connectivity index (χ1) is 12.7. The molecule has 1 aliphatic rings. The molecule has 1 aliphatic heterocycles. The number of rotatable bonds is 10. The van der Waals surface area contributed by atoms with E-state index in [1.54, 1.807) is 0 Å². The topological polar surface area (TPSA) is 83.8 Å². The van der Waals surface area contributed by atoms with E-state index in [1.165, 1.54) is 0 Å². The van der Waals surface area contributed by atoms with Gasteiger partial charge in [0.1, 0.15) is 13.0 Å². The van der Waals surface area contributed by atoms with Gasteiger partial charge in [0, 0.05) is 26.2 Å². The van der Waals surface area contributed by atoms with Crippen LogP contribution >= 0.6 is 0 Å². The van der Waals surface area contributed by atoms with Crippen LogP contribution in [0.2, 0.25) is 0 Å². The first-order valence-electron chi connectivity index (χ1n) is 9.05. The SMILES string of the molecule is CCOc1cc(CCNC(=O)CC#N)ccc1OCCN1CCOCC1. The summed E-state index contributed by atoms with van der Waals surface area (Å²) in [6.07, 6.45) is 0.561. The molecule has 0 bridgehead atoms. The second kappa shape index (κ2) is 11.3. The van der Waals surface area contributed by atoms with E-state index in [2.05, 4.69) is 10.2 Å². The maximum absolute atomic E-state index is 11.3. The minimum atomic E-state index is -0.249. The molecule has 1 saturated heterocycles. The molecule has 1 fully saturated rings. The zero-order chi connectivity index (χ0) is 18.6. The third-order valence-electron chi connectivity index (χ3n) is 4.05. The predicted octanol–water partition coefficient (Wildman–Crippen LogP) is 1.37. The minimum Gasteiger partial charge on any atom is -0.490 e. The van der Waals surface area contributed by atoms with E-state index in [0.717, 1.165) is 49.9 Å². The van der Waals surface area contributed by atoms with E-state index < -0.39 is 0 Å². The molecule has 1 N–H and O–H groups in total. The molecule has 0 aliphatic carbocycles. The molecule has 2 rings (SSSR count). The van der Waals surface area contributed by atoms with E-state index in [4.69, 9.17) is 19.5 Å². The largest absolute Gasteiger partial charge is 0.490 e. The third kappa shape index (κ3) is 6.90. The molecular formula is C19H27N3O4. The van der Waals surface area contributed by atoms with Crippen LogP contribution in [0.3, 0.4) is 0 Å². The molecule has 0 radical (unpaired) electrons. The van der Waals surface area contributed by atoms with Gasteiger partial charge in [0.25, 0.3) is 0 Å². The first kappa shape index (κ1) is 20.0. The van der Waals surface area contributed by atoms with Gasteiger partial charge in [-0.3, -0.25) is 9.69 Å². The summed E-state index contributed by atoms with van der Waals surface area (Å²) in [5.74, 6) is 1.20. The number of morpholine rings is 1. The van der Waals surface area contributed by atoms with Crippen molar-refractivity contribution in [2.75, 3.05) is 52.6 Å². The lowest BCUT2D eigenvalue weighted by molar-refractivity contribution is -0.120. The number of carbonyl (C=O) groups is 1. The van der Waals surface area contributed by atoms with Gasteiger partial charge in [0.15, 0.2) is 11.5 Å². The summed E-state index contributed by atoms with van der Waals surface area (Å²) in [5, 5.41) is 11.2. The molecule has 26 heavy (non-hydrogen) atoms. The number of nitriles is 1. The molecule has 1 amide bonds. The highest BCUT2D eigenvalue weighted by Crippen LogP contribution is 2.28. The summed E-state index contributed by atoms with van der Waals surface area (Å²) >= 11 is 0. The van der Waals surface area contributed by atoms with Crippen molar-refractivity contribution >= 4 is 5.91 Å². The van der Waals surface area contributed by atoms with Crippen molar-refractivity contribution in [3.05, 3.63) is 23.8 Å². The number of hydrogen-bond acceptors (Lipinski definition) is 6. The van der Waals surface area contributed by atoms with Gasteiger partial charge in [-0.1, -0.05) is 6.07 Å². The fraction of sp³-hybridized carbons (Fsp3) is 0.579. The summed E-state index contributed by atoms with van der Waals surface area (Å²) in [7, 11) is 0. The van der Waals surface area contributed by atoms with Gasteiger partial charge < -0.3 is 19.5 Å². The quantitative estimate of drug-likeness (QED) is 0.678. The molecular weight excluding hydrogens is 334 g/mol. The Kier molecular flexibility index (Phi) is 8.73. The monoisotopic (exact) mass is 361 g/mol. The zero-order valence-electron chi connectivity index (χ0n) is 15.3. The Bertz CT molecular complexity index is 609. The predicted molar refractivity (Wildman–Crippen MR) is 97.3 cm³/mol. The van der Waals surface area contributed by atoms with Crippen LogP contribution in [0, 0.1) is 11.3 Å². The van der Waals surface area contributed by atoms with Crippen molar-refractivity contribution in [1.29, 1.82) is 5.26 Å². The Balaban J connectivity index is 1.84. The normalized spacial score (nSPS) is 14.5. The van der Waals surface area contributed by atoms with Crippen LogP contribution < -0.4 is 14.8 Å². The number of carbonyl (C=O) groups excluding carboxylic acids is 1. The highest BCUT2D eigenvalue weighted by atomic mass is 16.5. The van der Waals surface area contributed by atoms with E-state index in [0.29, 0.717) is 26.2 Å². The van der Waals surface area contributed by atoms with Gasteiger partial charge in [-0.2, -0.15) is 5.26 Å². The average molecular weight is 361 g/mol. The fourth-order valence-electron chi connectivity index (χ4n) is 2.69. The van der Waals surface area contributed by atoms with Crippen LogP contribution in [0.5, 0.6) is 11.5 Å². The number of ether oxygens (including phenoxy) is 3. The van der Waals surface area contributed by atoms with Crippen molar-refractivity contribution in [3.8, 4) is 17.6 Å². The van der Waals surface area contributed by atoms with Gasteiger partial charge in [-0.25, -0.2) is 0 Å². The van der Waals surface area contributed by atoms with Crippen molar-refractivity contribution in [2.45, 2.75) is 19.8 Å². The number of amides is 1. The van der Waals surface area contributed by atoms with Gasteiger partial charge in [-0.15, -0.1) is 0 Å². The van der Waals surface area contributed by atoms with E-state index in [9.17, 15) is 4.79 Å². The van der Waals surface area contributed by atoms with Crippen LogP contribution in [0.1, 0.15) is 18.9 Å². The number of nitrogens with zero attached hydrogens (tertiary/aromatic N) is 2. The minimum absolute atomic E-state index is 0.111. The van der Waals surface area contributed by atoms with Crippen molar-refractivity contribution in [1.82, 2.24) is 10.2 Å². The van der Waals surface area contributed by atoms with Gasteiger partial charge in [-0.05, 0) is 31.0 Å². The van der Waals surface area contributed by atoms with Gasteiger partial charge in [0.2, 0.25) is 5.91 Å². The highest BCUT2D eigenvalue weighted by molar-refractivity contribution is 5.77. The zero-order valence-corrected chi connectivity index (χ0v) is 15.3. The molecule has 0 atom stereocenters. The van der Waals surface area contributed by atoms with E-state index in [-0.39, 0.29) is 12.3 Å². The number of nitrogens with one attached hydrogen (secondary N) is 1. The van der Waals surface area contributed by atoms with Crippen molar-refractivity contribution in [3.63, 3.8) is 0 Å². The molecule has 142 valence electrons. The summed E-state index contributed by atoms with van der Waals surface area (Å²) in [5.41, 5.74) is 1.05. The van der Waals surface area contributed by atoms with Gasteiger partial charge >= 0.3 is 0 Å². The van der Waals surface area contributed by atoms with Crippen LogP contribution in [0.25, 0.3) is 0 Å². The number of benzene rings is 1. The lowest BCUT2D eigenvalue weighted by atomic mass is 10.1. The van der Waals surface area contributed by atoms with E-state index >= 15 is 0 Å². The van der Waals surface area contributed by atoms with Crippen LogP contribution in [-0.2, 0) is 16.0 Å². The first-order valence-corrected chi connectivity index (χ1v) is 9.05.